The Morgan fingerprint density at radius 1 is 0.900 bits per heavy atom. The van der Waals surface area contributed by atoms with Crippen molar-refractivity contribution in [3.63, 3.8) is 0 Å². The summed E-state index contributed by atoms with van der Waals surface area (Å²) in [7, 11) is 0. The topological polar surface area (TPSA) is 112 Å². The summed E-state index contributed by atoms with van der Waals surface area (Å²) in [6.07, 6.45) is -4.81. The third-order valence-electron chi connectivity index (χ3n) is 5.74. The van der Waals surface area contributed by atoms with Crippen molar-refractivity contribution in [3.8, 4) is 5.75 Å². The fourth-order valence-electron chi connectivity index (χ4n) is 3.72. The van der Waals surface area contributed by atoms with E-state index < -0.39 is 23.9 Å². The van der Waals surface area contributed by atoms with E-state index in [4.69, 9.17) is 11.6 Å². The summed E-state index contributed by atoms with van der Waals surface area (Å²) < 4.78 is 40.8. The number of amides is 3. The van der Waals surface area contributed by atoms with E-state index >= 15 is 0 Å². The quantitative estimate of drug-likeness (QED) is 0.193. The number of nitrogens with one attached hydrogen (secondary N) is 4. The van der Waals surface area contributed by atoms with Gasteiger partial charge in [-0.3, -0.25) is 14.4 Å². The highest BCUT2D eigenvalue weighted by molar-refractivity contribution is 6.34. The number of anilines is 2. The predicted octanol–water partition coefficient (Wildman–Crippen LogP) is 6.50. The zero-order valence-electron chi connectivity index (χ0n) is 21.3. The van der Waals surface area contributed by atoms with Gasteiger partial charge < -0.3 is 25.7 Å². The lowest BCUT2D eigenvalue weighted by Crippen LogP contribution is -2.27. The molecule has 0 saturated carbocycles. The molecule has 1 heterocycles. The Hall–Kier alpha value is -4.51. The van der Waals surface area contributed by atoms with Crippen molar-refractivity contribution in [2.24, 2.45) is 5.92 Å². The number of halogens is 4. The largest absolute Gasteiger partial charge is 0.573 e. The molecular weight excluding hydrogens is 549 g/mol. The fraction of sp³-hybridized carbons (Fsp3) is 0.179. The van der Waals surface area contributed by atoms with Crippen molar-refractivity contribution in [2.75, 3.05) is 10.6 Å². The van der Waals surface area contributed by atoms with Gasteiger partial charge in [-0.2, -0.15) is 0 Å². The molecule has 0 unspecified atom stereocenters. The Bertz CT molecular complexity index is 1570. The number of hydrogen-bond acceptors (Lipinski definition) is 4. The van der Waals surface area contributed by atoms with Gasteiger partial charge in [-0.1, -0.05) is 31.5 Å². The first-order chi connectivity index (χ1) is 18.9. The first-order valence-corrected chi connectivity index (χ1v) is 12.4. The predicted molar refractivity (Wildman–Crippen MR) is 145 cm³/mol. The Morgan fingerprint density at radius 2 is 1.57 bits per heavy atom. The van der Waals surface area contributed by atoms with E-state index in [1.165, 1.54) is 12.1 Å². The van der Waals surface area contributed by atoms with Gasteiger partial charge in [0.15, 0.2) is 0 Å². The maximum absolute atomic E-state index is 13.0. The van der Waals surface area contributed by atoms with Crippen LogP contribution in [0.25, 0.3) is 10.9 Å². The number of rotatable bonds is 8. The molecule has 0 fully saturated rings. The van der Waals surface area contributed by atoms with Crippen molar-refractivity contribution >= 4 is 51.6 Å². The SMILES string of the molecule is CC(C)C(=O)NCc1ccc(Cl)c(C(=O)Nc2ccc3[nH]c(C(=O)Nc4ccc(OC(F)(F)F)cc4)cc3c2)c1. The average Bonchev–Trinajstić information content (AvgIpc) is 3.32. The Balaban J connectivity index is 1.43. The minimum Gasteiger partial charge on any atom is -0.406 e. The number of hydrogen-bond donors (Lipinski definition) is 4. The maximum Gasteiger partial charge on any atom is 0.573 e. The van der Waals surface area contributed by atoms with E-state index in [1.807, 2.05) is 0 Å². The Labute approximate surface area is 231 Å². The van der Waals surface area contributed by atoms with E-state index in [1.54, 1.807) is 56.3 Å². The van der Waals surface area contributed by atoms with Gasteiger partial charge in [0, 0.05) is 34.7 Å². The third kappa shape index (κ3) is 7.32. The summed E-state index contributed by atoms with van der Waals surface area (Å²) in [5, 5.41) is 9.05. The number of ether oxygens (including phenoxy) is 1. The monoisotopic (exact) mass is 572 g/mol. The normalized spacial score (nSPS) is 11.4. The van der Waals surface area contributed by atoms with Crippen LogP contribution in [0.5, 0.6) is 5.75 Å². The fourth-order valence-corrected chi connectivity index (χ4v) is 3.92. The van der Waals surface area contributed by atoms with Crippen molar-refractivity contribution in [1.29, 1.82) is 0 Å². The second kappa shape index (κ2) is 11.7. The van der Waals surface area contributed by atoms with Crippen LogP contribution < -0.4 is 20.7 Å². The summed E-state index contributed by atoms with van der Waals surface area (Å²) in [4.78, 5) is 40.5. The molecule has 0 saturated heterocycles. The van der Waals surface area contributed by atoms with Crippen LogP contribution in [0.3, 0.4) is 0 Å². The van der Waals surface area contributed by atoms with E-state index in [2.05, 4.69) is 25.7 Å². The number of alkyl halides is 3. The summed E-state index contributed by atoms with van der Waals surface area (Å²) in [5.41, 5.74) is 2.50. The molecule has 208 valence electrons. The molecule has 0 atom stereocenters. The number of aromatic nitrogens is 1. The van der Waals surface area contributed by atoms with Crippen LogP contribution in [0, 0.1) is 5.92 Å². The van der Waals surface area contributed by atoms with Crippen LogP contribution in [-0.2, 0) is 11.3 Å². The summed E-state index contributed by atoms with van der Waals surface area (Å²) in [5.74, 6) is -1.65. The molecule has 4 rings (SSSR count). The number of fused-ring (bicyclic) bond motifs is 1. The lowest BCUT2D eigenvalue weighted by atomic mass is 10.1. The number of benzene rings is 3. The van der Waals surface area contributed by atoms with Gasteiger partial charge in [0.1, 0.15) is 11.4 Å². The molecule has 4 aromatic rings. The standard InChI is InChI=1S/C28H24ClF3N4O4/c1-15(2)25(37)33-14-16-3-9-22(29)21(11-16)26(38)35-19-6-10-23-17(12-19)13-24(36-23)27(39)34-18-4-7-20(8-5-18)40-28(30,31)32/h3-13,15,36H,14H2,1-2H3,(H,33,37)(H,34,39)(H,35,38). The lowest BCUT2D eigenvalue weighted by molar-refractivity contribution is -0.274. The van der Waals surface area contributed by atoms with Gasteiger partial charge >= 0.3 is 6.36 Å². The van der Waals surface area contributed by atoms with Gasteiger partial charge in [0.05, 0.1) is 10.6 Å². The minimum atomic E-state index is -4.81. The highest BCUT2D eigenvalue weighted by Gasteiger charge is 2.31. The van der Waals surface area contributed by atoms with Crippen molar-refractivity contribution in [3.05, 3.63) is 88.6 Å². The molecule has 40 heavy (non-hydrogen) atoms. The molecule has 4 N–H and O–H groups in total. The van der Waals surface area contributed by atoms with Gasteiger partial charge in [-0.05, 0) is 66.2 Å². The van der Waals surface area contributed by atoms with Gasteiger partial charge in [-0.25, -0.2) is 0 Å². The maximum atomic E-state index is 13.0. The number of aromatic amines is 1. The van der Waals surface area contributed by atoms with Crippen molar-refractivity contribution < 1.29 is 32.3 Å². The smallest absolute Gasteiger partial charge is 0.406 e. The molecule has 0 radical (unpaired) electrons. The van der Waals surface area contributed by atoms with Crippen molar-refractivity contribution in [1.82, 2.24) is 10.3 Å². The second-order valence-corrected chi connectivity index (χ2v) is 9.56. The average molecular weight is 573 g/mol. The molecule has 0 bridgehead atoms. The molecule has 3 aromatic carbocycles. The highest BCUT2D eigenvalue weighted by atomic mass is 35.5. The van der Waals surface area contributed by atoms with Crippen molar-refractivity contribution in [2.45, 2.75) is 26.8 Å². The zero-order valence-corrected chi connectivity index (χ0v) is 22.0. The molecule has 8 nitrogen and oxygen atoms in total. The first-order valence-electron chi connectivity index (χ1n) is 12.1. The van der Waals surface area contributed by atoms with Crippen LogP contribution >= 0.6 is 11.6 Å². The Kier molecular flexibility index (Phi) is 8.34. The summed E-state index contributed by atoms with van der Waals surface area (Å²) >= 11 is 6.25. The highest BCUT2D eigenvalue weighted by Crippen LogP contribution is 2.26. The molecule has 0 aliphatic carbocycles. The summed E-state index contributed by atoms with van der Waals surface area (Å²) in [6, 6.07) is 16.3. The molecule has 1 aromatic heterocycles. The first kappa shape index (κ1) is 28.5. The molecule has 0 spiro atoms. The molecule has 12 heteroatoms. The van der Waals surface area contributed by atoms with Crippen LogP contribution in [0.4, 0.5) is 24.5 Å². The molecular formula is C28H24ClF3N4O4. The minimum absolute atomic E-state index is 0.109. The van der Waals surface area contributed by atoms with Gasteiger partial charge in [-0.15, -0.1) is 13.2 Å². The molecule has 3 amide bonds. The van der Waals surface area contributed by atoms with E-state index in [0.717, 1.165) is 12.1 Å². The third-order valence-corrected chi connectivity index (χ3v) is 6.07. The second-order valence-electron chi connectivity index (χ2n) is 9.15. The molecule has 0 aliphatic rings. The molecule has 0 aliphatic heterocycles. The van der Waals surface area contributed by atoms with Crippen LogP contribution in [-0.4, -0.2) is 29.1 Å². The van der Waals surface area contributed by atoms with Gasteiger partial charge in [0.25, 0.3) is 11.8 Å². The zero-order chi connectivity index (χ0) is 29.0. The summed E-state index contributed by atoms with van der Waals surface area (Å²) in [6.45, 7) is 3.82. The van der Waals surface area contributed by atoms with Crippen LogP contribution in [0.1, 0.15) is 40.3 Å². The van der Waals surface area contributed by atoms with Gasteiger partial charge in [0.2, 0.25) is 5.91 Å². The number of H-pyrrole nitrogens is 1. The van der Waals surface area contributed by atoms with E-state index in [-0.39, 0.29) is 40.3 Å². The Morgan fingerprint density at radius 3 is 2.25 bits per heavy atom. The van der Waals surface area contributed by atoms with Crippen LogP contribution in [0.2, 0.25) is 5.02 Å². The van der Waals surface area contributed by atoms with E-state index in [9.17, 15) is 27.6 Å². The number of carbonyl (C=O) groups is 3. The lowest BCUT2D eigenvalue weighted by Gasteiger charge is -2.11. The number of carbonyl (C=O) groups excluding carboxylic acids is 3. The van der Waals surface area contributed by atoms with E-state index in [0.29, 0.717) is 22.2 Å². The van der Waals surface area contributed by atoms with Crippen LogP contribution in [0.15, 0.2) is 66.7 Å².